The molecule has 0 radical (unpaired) electrons. The Kier molecular flexibility index (Phi) is 3.46. The van der Waals surface area contributed by atoms with Crippen LogP contribution in [0.3, 0.4) is 0 Å². The largest absolute Gasteiger partial charge is 0.372 e. The molecule has 2 aromatic heterocycles. The Balaban J connectivity index is 1.35. The van der Waals surface area contributed by atoms with Gasteiger partial charge in [0.15, 0.2) is 5.82 Å². The third-order valence-corrected chi connectivity index (χ3v) is 5.16. The van der Waals surface area contributed by atoms with Crippen molar-refractivity contribution in [2.75, 3.05) is 13.1 Å². The number of aryl methyl sites for hydroxylation is 1. The Labute approximate surface area is 132 Å². The van der Waals surface area contributed by atoms with Gasteiger partial charge in [0.1, 0.15) is 0 Å². The van der Waals surface area contributed by atoms with Crippen LogP contribution in [-0.4, -0.2) is 46.2 Å². The van der Waals surface area contributed by atoms with Crippen LogP contribution in [0.4, 0.5) is 0 Å². The topological polar surface area (TPSA) is 68.5 Å². The number of hydrogen-bond acceptors (Lipinski definition) is 6. The number of ether oxygens (including phenoxy) is 1. The number of fused-ring (bicyclic) bond motifs is 1. The van der Waals surface area contributed by atoms with Crippen LogP contribution in [0.5, 0.6) is 0 Å². The van der Waals surface area contributed by atoms with Crippen LogP contribution >= 0.6 is 11.3 Å². The zero-order valence-corrected chi connectivity index (χ0v) is 13.1. The van der Waals surface area contributed by atoms with Crippen molar-refractivity contribution in [1.29, 1.82) is 0 Å². The van der Waals surface area contributed by atoms with Crippen LogP contribution in [0.15, 0.2) is 22.0 Å². The van der Waals surface area contributed by atoms with Gasteiger partial charge >= 0.3 is 0 Å². The molecule has 1 amide bonds. The van der Waals surface area contributed by atoms with Gasteiger partial charge in [-0.15, -0.1) is 11.3 Å². The van der Waals surface area contributed by atoms with E-state index in [1.807, 2.05) is 29.3 Å². The van der Waals surface area contributed by atoms with Crippen LogP contribution in [0.2, 0.25) is 0 Å². The van der Waals surface area contributed by atoms with E-state index in [0.717, 1.165) is 17.8 Å². The fourth-order valence-electron chi connectivity index (χ4n) is 3.33. The second-order valence-electron chi connectivity index (χ2n) is 5.92. The van der Waals surface area contributed by atoms with Gasteiger partial charge in [-0.05, 0) is 24.8 Å². The van der Waals surface area contributed by atoms with E-state index in [4.69, 9.17) is 9.26 Å². The van der Waals surface area contributed by atoms with Crippen molar-refractivity contribution in [2.24, 2.45) is 5.92 Å². The highest BCUT2D eigenvalue weighted by atomic mass is 32.1. The van der Waals surface area contributed by atoms with Crippen LogP contribution in [0.25, 0.3) is 0 Å². The van der Waals surface area contributed by atoms with E-state index in [-0.39, 0.29) is 18.1 Å². The Hall–Kier alpha value is -1.73. The second-order valence-corrected chi connectivity index (χ2v) is 6.87. The summed E-state index contributed by atoms with van der Waals surface area (Å²) in [6.45, 7) is 3.27. The van der Waals surface area contributed by atoms with Gasteiger partial charge in [0, 0.05) is 19.0 Å². The minimum atomic E-state index is 0.119. The molecule has 2 aromatic rings. The molecule has 0 aromatic carbocycles. The summed E-state index contributed by atoms with van der Waals surface area (Å²) >= 11 is 1.49. The first-order chi connectivity index (χ1) is 10.7. The molecular weight excluding hydrogens is 302 g/mol. The Morgan fingerprint density at radius 1 is 1.50 bits per heavy atom. The lowest BCUT2D eigenvalue weighted by Crippen LogP contribution is -2.31. The van der Waals surface area contributed by atoms with Crippen LogP contribution in [0, 0.1) is 12.8 Å². The highest BCUT2D eigenvalue weighted by molar-refractivity contribution is 7.12. The molecule has 0 bridgehead atoms. The first-order valence-corrected chi connectivity index (χ1v) is 8.34. The number of carbonyl (C=O) groups excluding carboxylic acids is 1. The van der Waals surface area contributed by atoms with E-state index in [0.29, 0.717) is 30.6 Å². The van der Waals surface area contributed by atoms with E-state index < -0.39 is 0 Å². The molecule has 4 rings (SSSR count). The van der Waals surface area contributed by atoms with Gasteiger partial charge in [-0.25, -0.2) is 0 Å². The first-order valence-electron chi connectivity index (χ1n) is 7.46. The van der Waals surface area contributed by atoms with Crippen molar-refractivity contribution in [3.05, 3.63) is 34.1 Å². The summed E-state index contributed by atoms with van der Waals surface area (Å²) in [4.78, 5) is 19.3. The Bertz CT molecular complexity index is 655. The SMILES string of the molecule is Cc1noc(C[C@@H]2C[C@H]3CN(C(=O)c4cccs4)C[C@H]3O2)n1. The van der Waals surface area contributed by atoms with Crippen molar-refractivity contribution in [3.8, 4) is 0 Å². The number of likely N-dealkylation sites (tertiary alicyclic amines) is 1. The minimum absolute atomic E-state index is 0.119. The molecule has 0 spiro atoms. The highest BCUT2D eigenvalue weighted by Crippen LogP contribution is 2.35. The molecule has 0 saturated carbocycles. The summed E-state index contributed by atoms with van der Waals surface area (Å²) in [5, 5.41) is 5.73. The van der Waals surface area contributed by atoms with Gasteiger partial charge in [0.2, 0.25) is 5.89 Å². The number of aromatic nitrogens is 2. The Morgan fingerprint density at radius 3 is 3.09 bits per heavy atom. The molecule has 2 saturated heterocycles. The van der Waals surface area contributed by atoms with Gasteiger partial charge in [-0.3, -0.25) is 4.79 Å². The van der Waals surface area contributed by atoms with Crippen LogP contribution in [-0.2, 0) is 11.2 Å². The minimum Gasteiger partial charge on any atom is -0.372 e. The molecule has 0 aliphatic carbocycles. The van der Waals surface area contributed by atoms with Crippen molar-refractivity contribution in [1.82, 2.24) is 15.0 Å². The van der Waals surface area contributed by atoms with Gasteiger partial charge < -0.3 is 14.2 Å². The number of nitrogens with zero attached hydrogens (tertiary/aromatic N) is 3. The third kappa shape index (κ3) is 2.55. The van der Waals surface area contributed by atoms with Gasteiger partial charge in [-0.1, -0.05) is 11.2 Å². The van der Waals surface area contributed by atoms with Gasteiger partial charge in [0.05, 0.1) is 23.5 Å². The smallest absolute Gasteiger partial charge is 0.264 e. The van der Waals surface area contributed by atoms with E-state index in [1.54, 1.807) is 0 Å². The molecule has 2 aliphatic heterocycles. The fraction of sp³-hybridized carbons (Fsp3) is 0.533. The van der Waals surface area contributed by atoms with Crippen molar-refractivity contribution < 1.29 is 14.1 Å². The zero-order chi connectivity index (χ0) is 15.1. The van der Waals surface area contributed by atoms with E-state index in [9.17, 15) is 4.79 Å². The molecule has 22 heavy (non-hydrogen) atoms. The maximum absolute atomic E-state index is 12.4. The summed E-state index contributed by atoms with van der Waals surface area (Å²) in [5.74, 6) is 1.82. The molecule has 3 atom stereocenters. The van der Waals surface area contributed by atoms with Gasteiger partial charge in [0.25, 0.3) is 5.91 Å². The predicted octanol–water partition coefficient (Wildman–Crippen LogP) is 1.91. The Morgan fingerprint density at radius 2 is 2.41 bits per heavy atom. The lowest BCUT2D eigenvalue weighted by Gasteiger charge is -2.18. The molecule has 4 heterocycles. The first kappa shape index (κ1) is 13.9. The molecule has 0 unspecified atom stereocenters. The summed E-state index contributed by atoms with van der Waals surface area (Å²) < 4.78 is 11.2. The normalized spacial score (nSPS) is 27.3. The lowest BCUT2D eigenvalue weighted by molar-refractivity contribution is 0.0331. The highest BCUT2D eigenvalue weighted by Gasteiger charge is 2.44. The molecule has 7 heteroatoms. The van der Waals surface area contributed by atoms with Gasteiger partial charge in [-0.2, -0.15) is 4.98 Å². The number of amides is 1. The summed E-state index contributed by atoms with van der Waals surface area (Å²) in [6.07, 6.45) is 1.86. The third-order valence-electron chi connectivity index (χ3n) is 4.30. The van der Waals surface area contributed by atoms with E-state index in [1.165, 1.54) is 11.3 Å². The van der Waals surface area contributed by atoms with Crippen molar-refractivity contribution >= 4 is 17.2 Å². The summed E-state index contributed by atoms with van der Waals surface area (Å²) in [6, 6.07) is 3.79. The molecule has 2 aliphatic rings. The predicted molar refractivity (Wildman–Crippen MR) is 79.7 cm³/mol. The van der Waals surface area contributed by atoms with Crippen LogP contribution < -0.4 is 0 Å². The maximum Gasteiger partial charge on any atom is 0.264 e. The zero-order valence-electron chi connectivity index (χ0n) is 12.3. The average Bonchev–Trinajstić information content (AvgIpc) is 3.21. The number of carbonyl (C=O) groups is 1. The molecular formula is C15H17N3O3S. The molecule has 2 fully saturated rings. The molecule has 6 nitrogen and oxygen atoms in total. The van der Waals surface area contributed by atoms with Crippen molar-refractivity contribution in [2.45, 2.75) is 32.0 Å². The summed E-state index contributed by atoms with van der Waals surface area (Å²) in [5.41, 5.74) is 0. The maximum atomic E-state index is 12.4. The van der Waals surface area contributed by atoms with Crippen LogP contribution in [0.1, 0.15) is 27.8 Å². The fourth-order valence-corrected chi connectivity index (χ4v) is 4.02. The lowest BCUT2D eigenvalue weighted by atomic mass is 10.0. The molecule has 116 valence electrons. The monoisotopic (exact) mass is 319 g/mol. The van der Waals surface area contributed by atoms with E-state index in [2.05, 4.69) is 10.1 Å². The standard InChI is InChI=1S/C15H17N3O3S/c1-9-16-14(21-17-9)6-11-5-10-7-18(8-12(10)20-11)15(19)13-3-2-4-22-13/h2-4,10-12H,5-8H2,1H3/t10-,11-,12+/m0/s1. The number of thiophene rings is 1. The van der Waals surface area contributed by atoms with E-state index >= 15 is 0 Å². The molecule has 0 N–H and O–H groups in total. The summed E-state index contributed by atoms with van der Waals surface area (Å²) in [7, 11) is 0. The second kappa shape index (κ2) is 5.48. The average molecular weight is 319 g/mol. The number of hydrogen-bond donors (Lipinski definition) is 0. The van der Waals surface area contributed by atoms with Crippen molar-refractivity contribution in [3.63, 3.8) is 0 Å². The quantitative estimate of drug-likeness (QED) is 0.864. The number of rotatable bonds is 3.